The summed E-state index contributed by atoms with van der Waals surface area (Å²) >= 11 is 1.62. The van der Waals surface area contributed by atoms with E-state index in [4.69, 9.17) is 4.74 Å². The second-order valence-corrected chi connectivity index (χ2v) is 6.46. The highest BCUT2D eigenvalue weighted by Crippen LogP contribution is 2.19. The van der Waals surface area contributed by atoms with Crippen molar-refractivity contribution in [2.24, 2.45) is 0 Å². The number of hydrogen-bond donors (Lipinski definition) is 3. The van der Waals surface area contributed by atoms with Crippen LogP contribution in [0.5, 0.6) is 5.75 Å². The van der Waals surface area contributed by atoms with Gasteiger partial charge in [0.2, 0.25) is 0 Å². The number of rotatable bonds is 9. The highest BCUT2D eigenvalue weighted by molar-refractivity contribution is 7.99. The average Bonchev–Trinajstić information content (AvgIpc) is 2.47. The Hall–Kier alpha value is -0.750. The molecule has 3 unspecified atom stereocenters. The molecule has 3 atom stereocenters. The molecule has 1 aromatic carbocycles. The lowest BCUT2D eigenvalue weighted by atomic mass is 10.1. The molecule has 4 nitrogen and oxygen atoms in total. The van der Waals surface area contributed by atoms with Crippen LogP contribution in [0.4, 0.5) is 0 Å². The van der Waals surface area contributed by atoms with E-state index in [2.05, 4.69) is 5.32 Å². The lowest BCUT2D eigenvalue weighted by Gasteiger charge is -2.23. The van der Waals surface area contributed by atoms with Crippen LogP contribution < -0.4 is 10.1 Å². The van der Waals surface area contributed by atoms with Crippen LogP contribution in [-0.4, -0.2) is 53.6 Å². The van der Waals surface area contributed by atoms with Crippen molar-refractivity contribution in [3.63, 3.8) is 0 Å². The molecule has 1 aromatic rings. The molecule has 0 saturated carbocycles. The van der Waals surface area contributed by atoms with Crippen LogP contribution in [0.15, 0.2) is 18.2 Å². The summed E-state index contributed by atoms with van der Waals surface area (Å²) in [6.45, 7) is 6.85. The number of aliphatic hydroxyl groups excluding tert-OH is 2. The number of aryl methyl sites for hydroxylation is 2. The third-order valence-corrected chi connectivity index (χ3v) is 4.65. The lowest BCUT2D eigenvalue weighted by molar-refractivity contribution is 0.103. The van der Waals surface area contributed by atoms with E-state index >= 15 is 0 Å². The summed E-state index contributed by atoms with van der Waals surface area (Å²) in [5, 5.41) is 22.6. The van der Waals surface area contributed by atoms with Crippen molar-refractivity contribution >= 4 is 11.8 Å². The second-order valence-electron chi connectivity index (χ2n) is 5.39. The third kappa shape index (κ3) is 6.26. The molecule has 0 aliphatic carbocycles. The van der Waals surface area contributed by atoms with Crippen molar-refractivity contribution in [3.8, 4) is 5.75 Å². The molecule has 1 rings (SSSR count). The second kappa shape index (κ2) is 9.30. The minimum atomic E-state index is -0.575. The predicted octanol–water partition coefficient (Wildman–Crippen LogP) is 1.75. The number of hydrogen-bond acceptors (Lipinski definition) is 5. The summed E-state index contributed by atoms with van der Waals surface area (Å²) in [5.41, 5.74) is 2.21. The van der Waals surface area contributed by atoms with Gasteiger partial charge < -0.3 is 20.3 Å². The normalized spacial score (nSPS) is 15.5. The number of thioether (sulfide) groups is 1. The van der Waals surface area contributed by atoms with Gasteiger partial charge in [0.1, 0.15) is 18.5 Å². The van der Waals surface area contributed by atoms with E-state index in [1.54, 1.807) is 11.8 Å². The monoisotopic (exact) mass is 313 g/mol. The molecule has 3 N–H and O–H groups in total. The fraction of sp³-hybridized carbons (Fsp3) is 0.625. The Morgan fingerprint density at radius 3 is 2.67 bits per heavy atom. The Morgan fingerprint density at radius 2 is 2.05 bits per heavy atom. The van der Waals surface area contributed by atoms with E-state index < -0.39 is 6.10 Å². The van der Waals surface area contributed by atoms with Crippen LogP contribution in [0.1, 0.15) is 18.1 Å². The largest absolute Gasteiger partial charge is 0.491 e. The fourth-order valence-electron chi connectivity index (χ4n) is 2.00. The number of aliphatic hydroxyl groups is 2. The quantitative estimate of drug-likeness (QED) is 0.648. The molecule has 21 heavy (non-hydrogen) atoms. The van der Waals surface area contributed by atoms with Crippen LogP contribution in [0.3, 0.4) is 0 Å². The molecular formula is C16H27NO3S. The molecule has 0 fully saturated rings. The summed E-state index contributed by atoms with van der Waals surface area (Å²) in [5.74, 6) is 0.819. The van der Waals surface area contributed by atoms with Crippen LogP contribution in [0.2, 0.25) is 0 Å². The first-order valence-corrected chi connectivity index (χ1v) is 8.51. The molecular weight excluding hydrogens is 286 g/mol. The van der Waals surface area contributed by atoms with E-state index in [0.717, 1.165) is 16.9 Å². The van der Waals surface area contributed by atoms with E-state index in [0.29, 0.717) is 6.54 Å². The van der Waals surface area contributed by atoms with Crippen molar-refractivity contribution in [2.75, 3.05) is 26.0 Å². The summed E-state index contributed by atoms with van der Waals surface area (Å²) in [4.78, 5) is 0. The predicted molar refractivity (Wildman–Crippen MR) is 89.3 cm³/mol. The standard InChI is InChI=1S/C16H27NO3S/c1-11-5-6-12(2)15(7-11)20-10-14(19)8-17-13(3)16(9-18)21-4/h5-7,13-14,16-19H,8-10H2,1-4H3. The van der Waals surface area contributed by atoms with Crippen molar-refractivity contribution < 1.29 is 14.9 Å². The molecule has 0 bridgehead atoms. The molecule has 0 aliphatic rings. The van der Waals surface area contributed by atoms with Gasteiger partial charge in [0.15, 0.2) is 0 Å². The average molecular weight is 313 g/mol. The zero-order valence-electron chi connectivity index (χ0n) is 13.3. The molecule has 0 saturated heterocycles. The number of benzene rings is 1. The maximum atomic E-state index is 9.99. The SMILES string of the molecule is CSC(CO)C(C)NCC(O)COc1cc(C)ccc1C. The van der Waals surface area contributed by atoms with Gasteiger partial charge in [-0.15, -0.1) is 0 Å². The highest BCUT2D eigenvalue weighted by atomic mass is 32.2. The van der Waals surface area contributed by atoms with Crippen molar-refractivity contribution in [3.05, 3.63) is 29.3 Å². The number of ether oxygens (including phenoxy) is 1. The summed E-state index contributed by atoms with van der Waals surface area (Å²) < 4.78 is 5.68. The highest BCUT2D eigenvalue weighted by Gasteiger charge is 2.16. The van der Waals surface area contributed by atoms with E-state index in [1.807, 2.05) is 45.2 Å². The number of nitrogens with one attached hydrogen (secondary N) is 1. The van der Waals surface area contributed by atoms with E-state index in [9.17, 15) is 10.2 Å². The Balaban J connectivity index is 2.37. The zero-order chi connectivity index (χ0) is 15.8. The molecule has 0 aliphatic heterocycles. The van der Waals surface area contributed by atoms with Gasteiger partial charge in [-0.05, 0) is 44.2 Å². The van der Waals surface area contributed by atoms with Crippen LogP contribution in [0, 0.1) is 13.8 Å². The molecule has 5 heteroatoms. The summed E-state index contributed by atoms with van der Waals surface area (Å²) in [6.07, 6.45) is 1.40. The molecule has 0 heterocycles. The zero-order valence-corrected chi connectivity index (χ0v) is 14.1. The van der Waals surface area contributed by atoms with Crippen LogP contribution in [0.25, 0.3) is 0 Å². The van der Waals surface area contributed by atoms with Crippen molar-refractivity contribution in [1.29, 1.82) is 0 Å². The lowest BCUT2D eigenvalue weighted by Crippen LogP contribution is -2.42. The van der Waals surface area contributed by atoms with Gasteiger partial charge in [0, 0.05) is 17.8 Å². The van der Waals surface area contributed by atoms with Gasteiger partial charge in [-0.1, -0.05) is 12.1 Å². The van der Waals surface area contributed by atoms with Gasteiger partial charge in [-0.25, -0.2) is 0 Å². The van der Waals surface area contributed by atoms with E-state index in [-0.39, 0.29) is 24.5 Å². The first kappa shape index (κ1) is 18.3. The van der Waals surface area contributed by atoms with E-state index in [1.165, 1.54) is 0 Å². The molecule has 120 valence electrons. The van der Waals surface area contributed by atoms with Gasteiger partial charge >= 0.3 is 0 Å². The maximum Gasteiger partial charge on any atom is 0.122 e. The Kier molecular flexibility index (Phi) is 8.11. The first-order valence-electron chi connectivity index (χ1n) is 7.23. The fourth-order valence-corrected chi connectivity index (χ4v) is 2.65. The van der Waals surface area contributed by atoms with Crippen molar-refractivity contribution in [2.45, 2.75) is 38.2 Å². The van der Waals surface area contributed by atoms with Crippen LogP contribution in [-0.2, 0) is 0 Å². The Labute approximate surface area is 131 Å². The Bertz CT molecular complexity index is 424. The topological polar surface area (TPSA) is 61.7 Å². The van der Waals surface area contributed by atoms with Crippen molar-refractivity contribution in [1.82, 2.24) is 5.32 Å². The minimum absolute atomic E-state index is 0.129. The third-order valence-electron chi connectivity index (χ3n) is 3.49. The molecule has 0 radical (unpaired) electrons. The smallest absolute Gasteiger partial charge is 0.122 e. The van der Waals surface area contributed by atoms with Crippen LogP contribution >= 0.6 is 11.8 Å². The van der Waals surface area contributed by atoms with Gasteiger partial charge in [-0.2, -0.15) is 11.8 Å². The summed E-state index contributed by atoms with van der Waals surface area (Å²) in [7, 11) is 0. The minimum Gasteiger partial charge on any atom is -0.491 e. The maximum absolute atomic E-state index is 9.99. The molecule has 0 amide bonds. The van der Waals surface area contributed by atoms with Gasteiger partial charge in [0.05, 0.1) is 6.61 Å². The Morgan fingerprint density at radius 1 is 1.33 bits per heavy atom. The molecule has 0 spiro atoms. The first-order chi connectivity index (χ1) is 9.97. The van der Waals surface area contributed by atoms with Gasteiger partial charge in [-0.3, -0.25) is 0 Å². The van der Waals surface area contributed by atoms with Gasteiger partial charge in [0.25, 0.3) is 0 Å². The molecule has 0 aromatic heterocycles. The summed E-state index contributed by atoms with van der Waals surface area (Å²) in [6, 6.07) is 6.18.